The van der Waals surface area contributed by atoms with Gasteiger partial charge >= 0.3 is 6.09 Å². The summed E-state index contributed by atoms with van der Waals surface area (Å²) < 4.78 is 5.38. The highest BCUT2D eigenvalue weighted by Crippen LogP contribution is 2.30. The Hall–Kier alpha value is -2.42. The second-order valence-corrected chi connectivity index (χ2v) is 12.0. The van der Waals surface area contributed by atoms with Crippen LogP contribution >= 0.6 is 12.6 Å². The Morgan fingerprint density at radius 2 is 1.68 bits per heavy atom. The third kappa shape index (κ3) is 10.8. The van der Waals surface area contributed by atoms with Crippen LogP contribution in [-0.2, 0) is 14.3 Å². The largest absolute Gasteiger partial charge is 0.508 e. The molecule has 3 N–H and O–H groups in total. The lowest BCUT2D eigenvalue weighted by Crippen LogP contribution is -2.56. The maximum absolute atomic E-state index is 14.1. The summed E-state index contributed by atoms with van der Waals surface area (Å²) in [5.41, 5.74) is 0.447. The number of phenolic OH excluding ortho intramolecular Hbond substituents is 1. The summed E-state index contributed by atoms with van der Waals surface area (Å²) >= 11 is 4.36. The van der Waals surface area contributed by atoms with Crippen LogP contribution in [0, 0.1) is 12.8 Å². The van der Waals surface area contributed by atoms with Gasteiger partial charge in [0.25, 0.3) is 0 Å². The first-order valence-corrected chi connectivity index (χ1v) is 14.3. The molecule has 0 aliphatic rings. The fraction of sp³-hybridized carbons (Fsp3) is 0.690. The maximum atomic E-state index is 14.1. The zero-order valence-corrected chi connectivity index (χ0v) is 25.5. The normalized spacial score (nSPS) is 14.8. The number of thiol groups is 1. The lowest BCUT2D eigenvalue weighted by molar-refractivity contribution is -0.145. The Balaban J connectivity index is 3.59. The number of hydrogen-bond donors (Lipinski definition) is 4. The number of amides is 3. The van der Waals surface area contributed by atoms with Gasteiger partial charge in [-0.2, -0.15) is 12.6 Å². The Bertz CT molecular complexity index is 931. The molecular weight excluding hydrogens is 502 g/mol. The van der Waals surface area contributed by atoms with Crippen molar-refractivity contribution in [2.45, 2.75) is 118 Å². The van der Waals surface area contributed by atoms with Gasteiger partial charge in [0, 0.05) is 17.8 Å². The van der Waals surface area contributed by atoms with Gasteiger partial charge in [-0.25, -0.2) is 4.79 Å². The highest BCUT2D eigenvalue weighted by atomic mass is 32.1. The molecule has 1 rings (SSSR count). The zero-order chi connectivity index (χ0) is 29.2. The zero-order valence-electron chi connectivity index (χ0n) is 24.6. The van der Waals surface area contributed by atoms with Gasteiger partial charge in [-0.1, -0.05) is 33.3 Å². The fourth-order valence-corrected chi connectivity index (χ4v) is 4.49. The molecule has 1 aromatic rings. The van der Waals surface area contributed by atoms with Crippen molar-refractivity contribution >= 4 is 30.5 Å². The maximum Gasteiger partial charge on any atom is 0.408 e. The van der Waals surface area contributed by atoms with Gasteiger partial charge in [-0.15, -0.1) is 0 Å². The van der Waals surface area contributed by atoms with Gasteiger partial charge in [0.15, 0.2) is 0 Å². The van der Waals surface area contributed by atoms with Crippen molar-refractivity contribution < 1.29 is 24.2 Å². The van der Waals surface area contributed by atoms with Crippen molar-refractivity contribution in [3.05, 3.63) is 29.3 Å². The van der Waals surface area contributed by atoms with Crippen LogP contribution in [0.15, 0.2) is 18.2 Å². The molecule has 216 valence electrons. The molecule has 0 saturated heterocycles. The van der Waals surface area contributed by atoms with E-state index in [1.807, 2.05) is 20.8 Å². The number of alkyl carbamates (subject to hydrolysis) is 1. The van der Waals surface area contributed by atoms with Crippen molar-refractivity contribution in [3.8, 4) is 5.75 Å². The number of nitrogens with zero attached hydrogens (tertiary/aromatic N) is 1. The monoisotopic (exact) mass is 551 g/mol. The number of carbonyl (C=O) groups excluding carboxylic acids is 3. The number of nitrogens with one attached hydrogen (secondary N) is 2. The lowest BCUT2D eigenvalue weighted by atomic mass is 9.96. The van der Waals surface area contributed by atoms with Crippen LogP contribution in [0.2, 0.25) is 0 Å². The molecule has 0 spiro atoms. The summed E-state index contributed by atoms with van der Waals surface area (Å²) in [6.07, 6.45) is 2.49. The third-order valence-electron chi connectivity index (χ3n) is 6.24. The van der Waals surface area contributed by atoms with Crippen molar-refractivity contribution in [3.63, 3.8) is 0 Å². The van der Waals surface area contributed by atoms with Crippen LogP contribution in [0.5, 0.6) is 5.75 Å². The molecule has 4 atom stereocenters. The molecule has 0 aromatic heterocycles. The molecule has 0 bridgehead atoms. The summed E-state index contributed by atoms with van der Waals surface area (Å²) in [5, 5.41) is 15.9. The minimum absolute atomic E-state index is 0.0284. The van der Waals surface area contributed by atoms with Gasteiger partial charge in [0.05, 0.1) is 0 Å². The first-order valence-electron chi connectivity index (χ1n) is 13.6. The van der Waals surface area contributed by atoms with Crippen molar-refractivity contribution in [1.29, 1.82) is 0 Å². The van der Waals surface area contributed by atoms with Crippen molar-refractivity contribution in [2.75, 3.05) is 5.75 Å². The predicted molar refractivity (Wildman–Crippen MR) is 155 cm³/mol. The number of aromatic hydroxyl groups is 1. The van der Waals surface area contributed by atoms with E-state index in [-0.39, 0.29) is 29.5 Å². The Labute approximate surface area is 234 Å². The van der Waals surface area contributed by atoms with E-state index in [2.05, 4.69) is 37.1 Å². The SMILES string of the molecule is CCCC(C)NC(=O)C(c1ccc(O)c(C)c1)N(C(=O)C(CS)NC(=O)OC(C)(C)C)C(C)CCC(C)C. The van der Waals surface area contributed by atoms with Crippen LogP contribution in [0.25, 0.3) is 0 Å². The molecule has 0 saturated carbocycles. The predicted octanol–water partition coefficient (Wildman–Crippen LogP) is 5.52. The second-order valence-electron chi connectivity index (χ2n) is 11.6. The topological polar surface area (TPSA) is 108 Å². The van der Waals surface area contributed by atoms with Crippen molar-refractivity contribution in [2.24, 2.45) is 5.92 Å². The smallest absolute Gasteiger partial charge is 0.408 e. The first-order chi connectivity index (χ1) is 17.6. The molecule has 0 aliphatic carbocycles. The number of ether oxygens (including phenoxy) is 1. The number of phenols is 1. The quantitative estimate of drug-likeness (QED) is 0.241. The minimum atomic E-state index is -1.00. The van der Waals surface area contributed by atoms with E-state index in [9.17, 15) is 19.5 Å². The van der Waals surface area contributed by atoms with E-state index in [1.165, 1.54) is 6.07 Å². The molecule has 0 heterocycles. The Kier molecular flexibility index (Phi) is 13.5. The molecular formula is C29H49N3O5S. The number of benzene rings is 1. The molecule has 38 heavy (non-hydrogen) atoms. The van der Waals surface area contributed by atoms with Gasteiger partial charge in [-0.3, -0.25) is 9.59 Å². The summed E-state index contributed by atoms with van der Waals surface area (Å²) in [5.74, 6) is -0.187. The van der Waals surface area contributed by atoms with Gasteiger partial charge < -0.3 is 25.4 Å². The van der Waals surface area contributed by atoms with Crippen LogP contribution in [0.4, 0.5) is 4.79 Å². The molecule has 0 radical (unpaired) electrons. The summed E-state index contributed by atoms with van der Waals surface area (Å²) in [4.78, 5) is 42.1. The molecule has 1 aromatic carbocycles. The van der Waals surface area contributed by atoms with E-state index in [0.29, 0.717) is 23.5 Å². The molecule has 0 aliphatic heterocycles. The molecule has 0 fully saturated rings. The van der Waals surface area contributed by atoms with Gasteiger partial charge in [0.2, 0.25) is 11.8 Å². The molecule has 4 unspecified atom stereocenters. The van der Waals surface area contributed by atoms with Crippen LogP contribution in [0.3, 0.4) is 0 Å². The second kappa shape index (κ2) is 15.2. The van der Waals surface area contributed by atoms with Crippen LogP contribution in [-0.4, -0.2) is 57.4 Å². The fourth-order valence-electron chi connectivity index (χ4n) is 4.24. The van der Waals surface area contributed by atoms with E-state index in [4.69, 9.17) is 4.74 Å². The average Bonchev–Trinajstić information content (AvgIpc) is 2.79. The van der Waals surface area contributed by atoms with E-state index in [1.54, 1.807) is 44.7 Å². The van der Waals surface area contributed by atoms with Gasteiger partial charge in [-0.05, 0) is 90.0 Å². The standard InChI is InChI=1S/C29H49N3O5S/c1-10-11-20(5)30-26(34)25(22-14-15-24(33)19(4)16-22)32(21(6)13-12-18(2)3)27(35)23(17-38)31-28(36)37-29(7,8)9/h14-16,18,20-21,23,25,33,38H,10-13,17H2,1-9H3,(H,30,34)(H,31,36). The summed E-state index contributed by atoms with van der Waals surface area (Å²) in [6, 6.07) is 2.56. The molecule has 8 nitrogen and oxygen atoms in total. The Morgan fingerprint density at radius 3 is 2.18 bits per heavy atom. The third-order valence-corrected chi connectivity index (χ3v) is 6.60. The summed E-state index contributed by atoms with van der Waals surface area (Å²) in [6.45, 7) is 17.1. The lowest BCUT2D eigenvalue weighted by Gasteiger charge is -2.39. The average molecular weight is 552 g/mol. The minimum Gasteiger partial charge on any atom is -0.508 e. The highest BCUT2D eigenvalue weighted by molar-refractivity contribution is 7.80. The van der Waals surface area contributed by atoms with Crippen molar-refractivity contribution in [1.82, 2.24) is 15.5 Å². The number of carbonyl (C=O) groups is 3. The van der Waals surface area contributed by atoms with E-state index in [0.717, 1.165) is 19.3 Å². The molecule has 9 heteroatoms. The highest BCUT2D eigenvalue weighted by Gasteiger charge is 2.39. The van der Waals surface area contributed by atoms with E-state index >= 15 is 0 Å². The van der Waals surface area contributed by atoms with Crippen LogP contribution < -0.4 is 10.6 Å². The Morgan fingerprint density at radius 1 is 1.05 bits per heavy atom. The van der Waals surface area contributed by atoms with Gasteiger partial charge in [0.1, 0.15) is 23.4 Å². The summed E-state index contributed by atoms with van der Waals surface area (Å²) in [7, 11) is 0. The number of rotatable bonds is 13. The molecule has 3 amide bonds. The van der Waals surface area contributed by atoms with E-state index < -0.39 is 29.7 Å². The first kappa shape index (κ1) is 33.6. The number of aryl methyl sites for hydroxylation is 1. The van der Waals surface area contributed by atoms with Crippen LogP contribution in [0.1, 0.15) is 98.2 Å². The number of hydrogen-bond acceptors (Lipinski definition) is 6.